The molecule has 0 amide bonds. The summed E-state index contributed by atoms with van der Waals surface area (Å²) in [4.78, 5) is 0.180. The number of nitrogens with zero attached hydrogens (tertiary/aromatic N) is 1. The first-order chi connectivity index (χ1) is 8.02. The molecule has 0 atom stereocenters. The monoisotopic (exact) mass is 259 g/mol. The number of aryl methyl sites for hydroxylation is 1. The Labute approximate surface area is 101 Å². The normalized spacial score (nSPS) is 12.0. The number of hydrogen-bond acceptors (Lipinski definition) is 4. The number of aliphatic hydroxyl groups is 2. The summed E-state index contributed by atoms with van der Waals surface area (Å²) >= 11 is 0. The van der Waals surface area contributed by atoms with Crippen LogP contribution in [0.15, 0.2) is 29.2 Å². The minimum atomic E-state index is -3.63. The third-order valence-corrected chi connectivity index (χ3v) is 4.22. The summed E-state index contributed by atoms with van der Waals surface area (Å²) in [6.45, 7) is 1.23. The standard InChI is InChI=1S/C11H17NO4S/c1-10-3-2-4-11(9-10)17(15,16)12(5-7-13)6-8-14/h2-4,9,13-14H,5-8H2,1H3. The number of sulfonamides is 1. The zero-order valence-electron chi connectivity index (χ0n) is 9.70. The first-order valence-electron chi connectivity index (χ1n) is 5.31. The minimum absolute atomic E-state index is 0.0170. The van der Waals surface area contributed by atoms with Crippen molar-refractivity contribution < 1.29 is 18.6 Å². The summed E-state index contributed by atoms with van der Waals surface area (Å²) in [6, 6.07) is 6.54. The highest BCUT2D eigenvalue weighted by Crippen LogP contribution is 2.16. The van der Waals surface area contributed by atoms with Crippen LogP contribution in [0.25, 0.3) is 0 Å². The third-order valence-electron chi connectivity index (χ3n) is 2.33. The lowest BCUT2D eigenvalue weighted by molar-refractivity contribution is 0.217. The average molecular weight is 259 g/mol. The summed E-state index contributed by atoms with van der Waals surface area (Å²) in [7, 11) is -3.63. The Morgan fingerprint density at radius 2 is 1.76 bits per heavy atom. The first-order valence-corrected chi connectivity index (χ1v) is 6.75. The van der Waals surface area contributed by atoms with Crippen LogP contribution in [-0.4, -0.2) is 49.2 Å². The Hall–Kier alpha value is -0.950. The molecule has 0 bridgehead atoms. The molecule has 0 saturated carbocycles. The van der Waals surface area contributed by atoms with Gasteiger partial charge in [-0.25, -0.2) is 8.42 Å². The SMILES string of the molecule is Cc1cccc(S(=O)(=O)N(CCO)CCO)c1. The van der Waals surface area contributed by atoms with Gasteiger partial charge in [0.2, 0.25) is 10.0 Å². The summed E-state index contributed by atoms with van der Waals surface area (Å²) < 4.78 is 25.4. The van der Waals surface area contributed by atoms with Crippen LogP contribution in [0.4, 0.5) is 0 Å². The summed E-state index contributed by atoms with van der Waals surface area (Å²) in [5.74, 6) is 0. The number of hydrogen-bond donors (Lipinski definition) is 2. The van der Waals surface area contributed by atoms with Gasteiger partial charge in [0.15, 0.2) is 0 Å². The maximum atomic E-state index is 12.2. The Balaban J connectivity index is 3.07. The molecule has 96 valence electrons. The van der Waals surface area contributed by atoms with E-state index in [0.29, 0.717) is 0 Å². The van der Waals surface area contributed by atoms with Crippen LogP contribution in [0.3, 0.4) is 0 Å². The van der Waals surface area contributed by atoms with Crippen molar-refractivity contribution in [2.24, 2.45) is 0 Å². The molecule has 0 radical (unpaired) electrons. The van der Waals surface area contributed by atoms with E-state index in [9.17, 15) is 8.42 Å². The van der Waals surface area contributed by atoms with E-state index in [1.54, 1.807) is 25.1 Å². The first kappa shape index (κ1) is 14.1. The van der Waals surface area contributed by atoms with E-state index in [0.717, 1.165) is 9.87 Å². The predicted octanol–water partition coefficient (Wildman–Crippen LogP) is -0.0297. The fourth-order valence-electron chi connectivity index (χ4n) is 1.50. The van der Waals surface area contributed by atoms with Gasteiger partial charge in [0.1, 0.15) is 0 Å². The van der Waals surface area contributed by atoms with E-state index in [2.05, 4.69) is 0 Å². The van der Waals surface area contributed by atoms with Crippen molar-refractivity contribution in [3.8, 4) is 0 Å². The van der Waals surface area contributed by atoms with E-state index < -0.39 is 10.0 Å². The second kappa shape index (κ2) is 6.11. The van der Waals surface area contributed by atoms with Crippen molar-refractivity contribution >= 4 is 10.0 Å². The van der Waals surface area contributed by atoms with Gasteiger partial charge in [-0.2, -0.15) is 4.31 Å². The Kier molecular flexibility index (Phi) is 5.07. The second-order valence-corrected chi connectivity index (χ2v) is 5.61. The summed E-state index contributed by atoms with van der Waals surface area (Å²) in [5.41, 5.74) is 0.846. The molecule has 0 aliphatic heterocycles. The van der Waals surface area contributed by atoms with Crippen LogP contribution >= 0.6 is 0 Å². The third kappa shape index (κ3) is 3.50. The largest absolute Gasteiger partial charge is 0.395 e. The molecule has 0 aliphatic rings. The molecule has 0 spiro atoms. The van der Waals surface area contributed by atoms with Gasteiger partial charge in [-0.05, 0) is 24.6 Å². The molecule has 0 fully saturated rings. The van der Waals surface area contributed by atoms with Crippen molar-refractivity contribution in [2.75, 3.05) is 26.3 Å². The molecule has 0 saturated heterocycles. The Bertz CT molecular complexity index is 452. The molecule has 1 aromatic carbocycles. The van der Waals surface area contributed by atoms with Crippen LogP contribution in [-0.2, 0) is 10.0 Å². The van der Waals surface area contributed by atoms with Crippen molar-refractivity contribution in [1.29, 1.82) is 0 Å². The van der Waals surface area contributed by atoms with Crippen LogP contribution in [0, 0.1) is 6.92 Å². The average Bonchev–Trinajstić information content (AvgIpc) is 2.29. The lowest BCUT2D eigenvalue weighted by Gasteiger charge is -2.20. The Morgan fingerprint density at radius 3 is 2.24 bits per heavy atom. The van der Waals surface area contributed by atoms with Gasteiger partial charge >= 0.3 is 0 Å². The molecule has 1 rings (SSSR count). The fraction of sp³-hybridized carbons (Fsp3) is 0.455. The minimum Gasteiger partial charge on any atom is -0.395 e. The molecular formula is C11H17NO4S. The van der Waals surface area contributed by atoms with E-state index >= 15 is 0 Å². The topological polar surface area (TPSA) is 77.8 Å². The van der Waals surface area contributed by atoms with Crippen molar-refractivity contribution in [3.05, 3.63) is 29.8 Å². The number of aliphatic hydroxyl groups excluding tert-OH is 2. The molecule has 0 aromatic heterocycles. The maximum Gasteiger partial charge on any atom is 0.243 e. The van der Waals surface area contributed by atoms with Gasteiger partial charge in [0.05, 0.1) is 18.1 Å². The second-order valence-electron chi connectivity index (χ2n) is 3.67. The molecule has 0 heterocycles. The van der Waals surface area contributed by atoms with E-state index in [1.165, 1.54) is 6.07 Å². The van der Waals surface area contributed by atoms with Crippen LogP contribution < -0.4 is 0 Å². The summed E-state index contributed by atoms with van der Waals surface area (Å²) in [5, 5.41) is 17.7. The lowest BCUT2D eigenvalue weighted by atomic mass is 10.2. The zero-order chi connectivity index (χ0) is 12.9. The van der Waals surface area contributed by atoms with Crippen molar-refractivity contribution in [2.45, 2.75) is 11.8 Å². The van der Waals surface area contributed by atoms with E-state index in [4.69, 9.17) is 10.2 Å². The number of rotatable bonds is 6. The van der Waals surface area contributed by atoms with Gasteiger partial charge < -0.3 is 10.2 Å². The van der Waals surface area contributed by atoms with E-state index in [-0.39, 0.29) is 31.2 Å². The molecule has 17 heavy (non-hydrogen) atoms. The molecular weight excluding hydrogens is 242 g/mol. The summed E-state index contributed by atoms with van der Waals surface area (Å²) in [6.07, 6.45) is 0. The Morgan fingerprint density at radius 1 is 1.18 bits per heavy atom. The van der Waals surface area contributed by atoms with E-state index in [1.807, 2.05) is 0 Å². The molecule has 0 aliphatic carbocycles. The molecule has 6 heteroatoms. The van der Waals surface area contributed by atoms with Crippen molar-refractivity contribution in [1.82, 2.24) is 4.31 Å². The quantitative estimate of drug-likeness (QED) is 0.752. The van der Waals surface area contributed by atoms with Gasteiger partial charge in [-0.3, -0.25) is 0 Å². The van der Waals surface area contributed by atoms with Crippen LogP contribution in [0.2, 0.25) is 0 Å². The number of benzene rings is 1. The predicted molar refractivity (Wildman–Crippen MR) is 64.1 cm³/mol. The van der Waals surface area contributed by atoms with Gasteiger partial charge in [0.25, 0.3) is 0 Å². The highest BCUT2D eigenvalue weighted by atomic mass is 32.2. The molecule has 5 nitrogen and oxygen atoms in total. The van der Waals surface area contributed by atoms with Crippen LogP contribution in [0.5, 0.6) is 0 Å². The van der Waals surface area contributed by atoms with Gasteiger partial charge in [-0.1, -0.05) is 12.1 Å². The molecule has 0 unspecified atom stereocenters. The fourth-order valence-corrected chi connectivity index (χ4v) is 3.03. The smallest absolute Gasteiger partial charge is 0.243 e. The van der Waals surface area contributed by atoms with Crippen molar-refractivity contribution in [3.63, 3.8) is 0 Å². The molecule has 2 N–H and O–H groups in total. The zero-order valence-corrected chi connectivity index (χ0v) is 10.5. The highest BCUT2D eigenvalue weighted by Gasteiger charge is 2.23. The van der Waals surface area contributed by atoms with Gasteiger partial charge in [-0.15, -0.1) is 0 Å². The maximum absolute atomic E-state index is 12.2. The highest BCUT2D eigenvalue weighted by molar-refractivity contribution is 7.89. The van der Waals surface area contributed by atoms with Crippen LogP contribution in [0.1, 0.15) is 5.56 Å². The lowest BCUT2D eigenvalue weighted by Crippen LogP contribution is -2.35. The van der Waals surface area contributed by atoms with Gasteiger partial charge in [0, 0.05) is 13.1 Å². The molecule has 1 aromatic rings.